The summed E-state index contributed by atoms with van der Waals surface area (Å²) < 4.78 is 2.86. The molecular formula is C13H15BrClN3. The summed E-state index contributed by atoms with van der Waals surface area (Å²) in [6, 6.07) is 5.87. The van der Waals surface area contributed by atoms with E-state index in [-0.39, 0.29) is 6.04 Å². The lowest BCUT2D eigenvalue weighted by molar-refractivity contribution is 0.601. The Hall–Kier alpha value is -0.840. The van der Waals surface area contributed by atoms with Crippen LogP contribution in [0.15, 0.2) is 28.9 Å². The molecule has 1 heterocycles. The van der Waals surface area contributed by atoms with Crippen molar-refractivity contribution in [3.05, 3.63) is 50.7 Å². The summed E-state index contributed by atoms with van der Waals surface area (Å²) in [5.41, 5.74) is 9.36. The van der Waals surface area contributed by atoms with Gasteiger partial charge in [-0.1, -0.05) is 33.6 Å². The van der Waals surface area contributed by atoms with Crippen LogP contribution in [0.4, 0.5) is 0 Å². The van der Waals surface area contributed by atoms with Gasteiger partial charge < -0.3 is 5.73 Å². The van der Waals surface area contributed by atoms with Gasteiger partial charge in [0.15, 0.2) is 0 Å². The van der Waals surface area contributed by atoms with E-state index in [4.69, 9.17) is 17.3 Å². The molecule has 18 heavy (non-hydrogen) atoms. The molecular weight excluding hydrogens is 314 g/mol. The van der Waals surface area contributed by atoms with E-state index in [0.29, 0.717) is 5.02 Å². The summed E-state index contributed by atoms with van der Waals surface area (Å²) in [6.07, 6.45) is 1.64. The zero-order valence-corrected chi connectivity index (χ0v) is 12.7. The fraction of sp³-hybridized carbons (Fsp3) is 0.308. The van der Waals surface area contributed by atoms with Gasteiger partial charge in [0.2, 0.25) is 0 Å². The fourth-order valence-corrected chi connectivity index (χ4v) is 2.92. The van der Waals surface area contributed by atoms with Gasteiger partial charge in [-0.15, -0.1) is 0 Å². The predicted molar refractivity (Wildman–Crippen MR) is 77.8 cm³/mol. The minimum Gasteiger partial charge on any atom is -0.319 e. The van der Waals surface area contributed by atoms with Gasteiger partial charge in [-0.25, -0.2) is 0 Å². The molecule has 0 aliphatic carbocycles. The molecule has 0 fully saturated rings. The molecule has 0 saturated heterocycles. The summed E-state index contributed by atoms with van der Waals surface area (Å²) in [6.45, 7) is 4.81. The van der Waals surface area contributed by atoms with Crippen LogP contribution in [-0.2, 0) is 6.54 Å². The monoisotopic (exact) mass is 327 g/mol. The number of nitrogens with two attached hydrogens (primary N) is 1. The zero-order chi connectivity index (χ0) is 13.3. The van der Waals surface area contributed by atoms with E-state index in [9.17, 15) is 0 Å². The first-order valence-corrected chi connectivity index (χ1v) is 6.94. The van der Waals surface area contributed by atoms with Crippen LogP contribution in [0.1, 0.15) is 29.8 Å². The molecule has 0 bridgehead atoms. The average molecular weight is 329 g/mol. The van der Waals surface area contributed by atoms with Crippen molar-refractivity contribution < 1.29 is 0 Å². The number of hydrogen-bond donors (Lipinski definition) is 1. The SMILES string of the molecule is CCn1ncc(Cl)c1C(N)c1cc(C)cc(Br)c1. The smallest absolute Gasteiger partial charge is 0.0837 e. The van der Waals surface area contributed by atoms with Crippen LogP contribution < -0.4 is 5.73 Å². The van der Waals surface area contributed by atoms with Crippen LogP contribution in [0.3, 0.4) is 0 Å². The zero-order valence-electron chi connectivity index (χ0n) is 10.3. The highest BCUT2D eigenvalue weighted by molar-refractivity contribution is 9.10. The summed E-state index contributed by atoms with van der Waals surface area (Å²) in [7, 11) is 0. The summed E-state index contributed by atoms with van der Waals surface area (Å²) in [4.78, 5) is 0. The Morgan fingerprint density at radius 3 is 2.78 bits per heavy atom. The molecule has 0 aliphatic heterocycles. The number of benzene rings is 1. The highest BCUT2D eigenvalue weighted by Crippen LogP contribution is 2.28. The van der Waals surface area contributed by atoms with Crippen molar-refractivity contribution in [1.29, 1.82) is 0 Å². The van der Waals surface area contributed by atoms with Crippen molar-refractivity contribution in [1.82, 2.24) is 9.78 Å². The highest BCUT2D eigenvalue weighted by atomic mass is 79.9. The first kappa shape index (κ1) is 13.6. The van der Waals surface area contributed by atoms with Gasteiger partial charge in [-0.3, -0.25) is 4.68 Å². The Labute approximate surface area is 120 Å². The number of halogens is 2. The van der Waals surface area contributed by atoms with Gasteiger partial charge in [0.1, 0.15) is 0 Å². The molecule has 3 nitrogen and oxygen atoms in total. The second-order valence-electron chi connectivity index (χ2n) is 4.23. The fourth-order valence-electron chi connectivity index (χ4n) is 2.04. The molecule has 5 heteroatoms. The maximum atomic E-state index is 6.31. The Kier molecular flexibility index (Phi) is 4.10. The van der Waals surface area contributed by atoms with Gasteiger partial charge in [0.25, 0.3) is 0 Å². The minimum atomic E-state index is -0.267. The summed E-state index contributed by atoms with van der Waals surface area (Å²) in [5, 5.41) is 4.83. The van der Waals surface area contributed by atoms with Gasteiger partial charge in [0.05, 0.1) is 23.0 Å². The largest absolute Gasteiger partial charge is 0.319 e. The quantitative estimate of drug-likeness (QED) is 0.934. The van der Waals surface area contributed by atoms with Crippen LogP contribution in [0.2, 0.25) is 5.02 Å². The third kappa shape index (κ3) is 2.60. The van der Waals surface area contributed by atoms with Crippen LogP contribution in [-0.4, -0.2) is 9.78 Å². The Balaban J connectivity index is 2.47. The van der Waals surface area contributed by atoms with Gasteiger partial charge >= 0.3 is 0 Å². The molecule has 0 saturated carbocycles. The Morgan fingerprint density at radius 1 is 1.44 bits per heavy atom. The van der Waals surface area contributed by atoms with Crippen LogP contribution >= 0.6 is 27.5 Å². The molecule has 2 N–H and O–H groups in total. The van der Waals surface area contributed by atoms with E-state index in [0.717, 1.165) is 27.8 Å². The van der Waals surface area contributed by atoms with Crippen LogP contribution in [0.5, 0.6) is 0 Å². The van der Waals surface area contributed by atoms with E-state index >= 15 is 0 Å². The first-order valence-electron chi connectivity index (χ1n) is 5.76. The minimum absolute atomic E-state index is 0.267. The Morgan fingerprint density at radius 2 is 2.17 bits per heavy atom. The standard InChI is InChI=1S/C13H15BrClN3/c1-3-18-13(11(15)7-17-18)12(16)9-4-8(2)5-10(14)6-9/h4-7,12H,3,16H2,1-2H3. The lowest BCUT2D eigenvalue weighted by atomic mass is 10.0. The van der Waals surface area contributed by atoms with Crippen molar-refractivity contribution in [2.45, 2.75) is 26.4 Å². The second kappa shape index (κ2) is 5.43. The molecule has 0 amide bonds. The third-order valence-corrected chi connectivity index (χ3v) is 3.60. The maximum Gasteiger partial charge on any atom is 0.0837 e. The molecule has 1 aromatic heterocycles. The van der Waals surface area contributed by atoms with E-state index in [1.165, 1.54) is 0 Å². The van der Waals surface area contributed by atoms with Crippen molar-refractivity contribution in [3.8, 4) is 0 Å². The highest BCUT2D eigenvalue weighted by Gasteiger charge is 2.18. The molecule has 1 aromatic carbocycles. The molecule has 96 valence electrons. The Bertz CT molecular complexity index is 545. The third-order valence-electron chi connectivity index (χ3n) is 2.85. The molecule has 2 aromatic rings. The van der Waals surface area contributed by atoms with Crippen LogP contribution in [0.25, 0.3) is 0 Å². The van der Waals surface area contributed by atoms with Gasteiger partial charge in [-0.2, -0.15) is 5.10 Å². The topological polar surface area (TPSA) is 43.8 Å². The van der Waals surface area contributed by atoms with Crippen molar-refractivity contribution >= 4 is 27.5 Å². The first-order chi connectivity index (χ1) is 8.52. The van der Waals surface area contributed by atoms with Crippen molar-refractivity contribution in [2.24, 2.45) is 5.73 Å². The van der Waals surface area contributed by atoms with Gasteiger partial charge in [-0.05, 0) is 37.1 Å². The number of nitrogens with zero attached hydrogens (tertiary/aromatic N) is 2. The predicted octanol–water partition coefficient (Wildman–Crippen LogP) is 3.68. The number of rotatable bonds is 3. The van der Waals surface area contributed by atoms with Crippen LogP contribution in [0, 0.1) is 6.92 Å². The normalized spacial score (nSPS) is 12.7. The average Bonchev–Trinajstić information content (AvgIpc) is 2.68. The van der Waals surface area contributed by atoms with E-state index in [1.54, 1.807) is 6.20 Å². The molecule has 0 spiro atoms. The van der Waals surface area contributed by atoms with E-state index in [2.05, 4.69) is 33.2 Å². The van der Waals surface area contributed by atoms with Crippen molar-refractivity contribution in [2.75, 3.05) is 0 Å². The number of hydrogen-bond acceptors (Lipinski definition) is 2. The number of aryl methyl sites for hydroxylation is 2. The molecule has 1 unspecified atom stereocenters. The second-order valence-corrected chi connectivity index (χ2v) is 5.56. The summed E-state index contributed by atoms with van der Waals surface area (Å²) >= 11 is 9.66. The van der Waals surface area contributed by atoms with Gasteiger partial charge in [0, 0.05) is 11.0 Å². The van der Waals surface area contributed by atoms with Crippen molar-refractivity contribution in [3.63, 3.8) is 0 Å². The molecule has 0 aliphatic rings. The summed E-state index contributed by atoms with van der Waals surface area (Å²) in [5.74, 6) is 0. The molecule has 2 rings (SSSR count). The lowest BCUT2D eigenvalue weighted by Crippen LogP contribution is -2.17. The molecule has 1 atom stereocenters. The molecule has 0 radical (unpaired) electrons. The van der Waals surface area contributed by atoms with E-state index in [1.807, 2.05) is 24.6 Å². The lowest BCUT2D eigenvalue weighted by Gasteiger charge is -2.15. The number of aromatic nitrogens is 2. The maximum absolute atomic E-state index is 6.31. The van der Waals surface area contributed by atoms with E-state index < -0.39 is 0 Å².